The van der Waals surface area contributed by atoms with Gasteiger partial charge in [0.1, 0.15) is 5.82 Å². The number of nitrogens with one attached hydrogen (secondary N) is 1. The number of hydrogen-bond donors (Lipinski definition) is 2. The molecule has 1 atom stereocenters. The van der Waals surface area contributed by atoms with E-state index in [-0.39, 0.29) is 6.04 Å². The summed E-state index contributed by atoms with van der Waals surface area (Å²) in [5, 5.41) is 6.13. The first-order valence-corrected chi connectivity index (χ1v) is 7.13. The van der Waals surface area contributed by atoms with Gasteiger partial charge in [-0.25, -0.2) is 4.98 Å². The maximum Gasteiger partial charge on any atom is 0.128 e. The van der Waals surface area contributed by atoms with Crippen molar-refractivity contribution in [2.75, 3.05) is 12.3 Å². The molecule has 2 aromatic heterocycles. The lowest BCUT2D eigenvalue weighted by Gasteiger charge is -2.19. The summed E-state index contributed by atoms with van der Waals surface area (Å²) in [5.74, 6) is 0.543. The minimum absolute atomic E-state index is 0.153. The van der Waals surface area contributed by atoms with Gasteiger partial charge < -0.3 is 11.1 Å². The van der Waals surface area contributed by atoms with Crippen molar-refractivity contribution in [2.45, 2.75) is 19.4 Å². The highest BCUT2D eigenvalue weighted by Gasteiger charge is 2.15. The average molecular weight is 282 g/mol. The molecule has 2 aromatic rings. The fourth-order valence-electron chi connectivity index (χ4n) is 1.91. The van der Waals surface area contributed by atoms with Gasteiger partial charge in [0.05, 0.1) is 5.02 Å². The smallest absolute Gasteiger partial charge is 0.128 e. The predicted octanol–water partition coefficient (Wildman–Crippen LogP) is 3.27. The standard InChI is InChI=1S/C13H16ClN3S/c1-2-16-12(7-10-4-3-5-18-10)11-6-9(14)8-17-13(11)15/h3-6,8,12,16H,2,7H2,1H3,(H2,15,17). The largest absolute Gasteiger partial charge is 0.383 e. The van der Waals surface area contributed by atoms with Crippen LogP contribution in [0, 0.1) is 0 Å². The van der Waals surface area contributed by atoms with Crippen molar-refractivity contribution in [1.29, 1.82) is 0 Å². The van der Waals surface area contributed by atoms with Crippen LogP contribution in [0.3, 0.4) is 0 Å². The number of rotatable bonds is 5. The molecule has 0 saturated heterocycles. The van der Waals surface area contributed by atoms with Gasteiger partial charge in [0.2, 0.25) is 0 Å². The Balaban J connectivity index is 2.26. The molecule has 0 amide bonds. The normalized spacial score (nSPS) is 12.6. The fraction of sp³-hybridized carbons (Fsp3) is 0.308. The Bertz CT molecular complexity index is 499. The van der Waals surface area contributed by atoms with Gasteiger partial charge in [0.25, 0.3) is 0 Å². The molecular weight excluding hydrogens is 266 g/mol. The maximum absolute atomic E-state index is 6.00. The molecule has 2 rings (SSSR count). The molecule has 3 nitrogen and oxygen atoms in total. The molecular formula is C13H16ClN3S. The number of hydrogen-bond acceptors (Lipinski definition) is 4. The third kappa shape index (κ3) is 3.22. The van der Waals surface area contributed by atoms with Crippen molar-refractivity contribution < 1.29 is 0 Å². The zero-order valence-corrected chi connectivity index (χ0v) is 11.8. The van der Waals surface area contributed by atoms with Gasteiger partial charge >= 0.3 is 0 Å². The summed E-state index contributed by atoms with van der Waals surface area (Å²) in [4.78, 5) is 5.44. The van der Waals surface area contributed by atoms with Crippen molar-refractivity contribution in [3.05, 3.63) is 45.2 Å². The molecule has 0 spiro atoms. The number of nitrogens with zero attached hydrogens (tertiary/aromatic N) is 1. The van der Waals surface area contributed by atoms with Gasteiger partial charge in [-0.2, -0.15) is 0 Å². The number of nitrogen functional groups attached to an aromatic ring is 1. The first kappa shape index (κ1) is 13.3. The lowest BCUT2D eigenvalue weighted by atomic mass is 10.0. The summed E-state index contributed by atoms with van der Waals surface area (Å²) in [6.45, 7) is 2.96. The molecule has 3 N–H and O–H groups in total. The monoisotopic (exact) mass is 281 g/mol. The molecule has 1 unspecified atom stereocenters. The third-order valence-corrected chi connectivity index (χ3v) is 3.83. The van der Waals surface area contributed by atoms with Gasteiger partial charge in [-0.1, -0.05) is 24.6 Å². The van der Waals surface area contributed by atoms with E-state index in [4.69, 9.17) is 17.3 Å². The predicted molar refractivity (Wildman–Crippen MR) is 78.1 cm³/mol. The first-order valence-electron chi connectivity index (χ1n) is 5.87. The van der Waals surface area contributed by atoms with Gasteiger partial charge in [-0.3, -0.25) is 0 Å². The van der Waals surface area contributed by atoms with Crippen LogP contribution in [0.25, 0.3) is 0 Å². The van der Waals surface area contributed by atoms with E-state index in [1.165, 1.54) is 4.88 Å². The Labute approximate surface area is 116 Å². The summed E-state index contributed by atoms with van der Waals surface area (Å²) >= 11 is 7.75. The van der Waals surface area contributed by atoms with Crippen LogP contribution in [0.5, 0.6) is 0 Å². The molecule has 0 aliphatic rings. The summed E-state index contributed by atoms with van der Waals surface area (Å²) in [7, 11) is 0. The number of anilines is 1. The third-order valence-electron chi connectivity index (χ3n) is 2.73. The van der Waals surface area contributed by atoms with Gasteiger partial charge in [-0.15, -0.1) is 11.3 Å². The topological polar surface area (TPSA) is 50.9 Å². The molecule has 0 aromatic carbocycles. The Morgan fingerprint density at radius 1 is 1.56 bits per heavy atom. The molecule has 96 valence electrons. The van der Waals surface area contributed by atoms with Crippen LogP contribution >= 0.6 is 22.9 Å². The van der Waals surface area contributed by atoms with Crippen LogP contribution in [-0.4, -0.2) is 11.5 Å². The molecule has 0 fully saturated rings. The molecule has 5 heteroatoms. The highest BCUT2D eigenvalue weighted by molar-refractivity contribution is 7.09. The molecule has 0 radical (unpaired) electrons. The SMILES string of the molecule is CCNC(Cc1cccs1)c1cc(Cl)cnc1N. The Morgan fingerprint density at radius 2 is 2.39 bits per heavy atom. The molecule has 0 aliphatic heterocycles. The first-order chi connectivity index (χ1) is 8.70. The molecule has 0 saturated carbocycles. The minimum atomic E-state index is 0.153. The van der Waals surface area contributed by atoms with Crippen LogP contribution < -0.4 is 11.1 Å². The van der Waals surface area contributed by atoms with E-state index in [9.17, 15) is 0 Å². The van der Waals surface area contributed by atoms with Gasteiger partial charge in [0, 0.05) is 29.1 Å². The van der Waals surface area contributed by atoms with Gasteiger partial charge in [-0.05, 0) is 24.1 Å². The fourth-order valence-corrected chi connectivity index (χ4v) is 2.83. The van der Waals surface area contributed by atoms with E-state index >= 15 is 0 Å². The van der Waals surface area contributed by atoms with Crippen molar-refractivity contribution in [2.24, 2.45) is 0 Å². The van der Waals surface area contributed by atoms with Crippen molar-refractivity contribution in [3.63, 3.8) is 0 Å². The van der Waals surface area contributed by atoms with E-state index < -0.39 is 0 Å². The molecule has 0 aliphatic carbocycles. The van der Waals surface area contributed by atoms with Crippen molar-refractivity contribution in [3.8, 4) is 0 Å². The lowest BCUT2D eigenvalue weighted by Crippen LogP contribution is -2.24. The van der Waals surface area contributed by atoms with E-state index in [2.05, 4.69) is 34.7 Å². The summed E-state index contributed by atoms with van der Waals surface area (Å²) in [6.07, 6.45) is 2.48. The van der Waals surface area contributed by atoms with Crippen molar-refractivity contribution >= 4 is 28.8 Å². The Morgan fingerprint density at radius 3 is 3.06 bits per heavy atom. The average Bonchev–Trinajstić information content (AvgIpc) is 2.85. The molecule has 0 bridgehead atoms. The second kappa shape index (κ2) is 6.18. The maximum atomic E-state index is 6.00. The quantitative estimate of drug-likeness (QED) is 0.884. The van der Waals surface area contributed by atoms with Crippen LogP contribution in [-0.2, 0) is 6.42 Å². The van der Waals surface area contributed by atoms with Crippen LogP contribution in [0.4, 0.5) is 5.82 Å². The number of pyridine rings is 1. The number of halogens is 1. The lowest BCUT2D eigenvalue weighted by molar-refractivity contribution is 0.553. The van der Waals surface area contributed by atoms with E-state index in [1.807, 2.05) is 6.07 Å². The number of likely N-dealkylation sites (N-methyl/N-ethyl adjacent to an activating group) is 1. The van der Waals surface area contributed by atoms with E-state index in [1.54, 1.807) is 17.5 Å². The van der Waals surface area contributed by atoms with Crippen LogP contribution in [0.2, 0.25) is 5.02 Å². The number of aromatic nitrogens is 1. The van der Waals surface area contributed by atoms with E-state index in [0.717, 1.165) is 18.5 Å². The zero-order chi connectivity index (χ0) is 13.0. The van der Waals surface area contributed by atoms with Gasteiger partial charge in [0.15, 0.2) is 0 Å². The second-order valence-electron chi connectivity index (χ2n) is 4.02. The van der Waals surface area contributed by atoms with E-state index in [0.29, 0.717) is 10.8 Å². The number of nitrogens with two attached hydrogens (primary N) is 1. The minimum Gasteiger partial charge on any atom is -0.383 e. The summed E-state index contributed by atoms with van der Waals surface area (Å²) in [5.41, 5.74) is 6.91. The Hall–Kier alpha value is -1.10. The summed E-state index contributed by atoms with van der Waals surface area (Å²) < 4.78 is 0. The molecule has 18 heavy (non-hydrogen) atoms. The highest BCUT2D eigenvalue weighted by Crippen LogP contribution is 2.26. The van der Waals surface area contributed by atoms with Crippen LogP contribution in [0.1, 0.15) is 23.4 Å². The highest BCUT2D eigenvalue weighted by atomic mass is 35.5. The zero-order valence-electron chi connectivity index (χ0n) is 10.2. The van der Waals surface area contributed by atoms with Crippen molar-refractivity contribution in [1.82, 2.24) is 10.3 Å². The Kier molecular flexibility index (Phi) is 4.58. The second-order valence-corrected chi connectivity index (χ2v) is 5.49. The van der Waals surface area contributed by atoms with Crippen LogP contribution in [0.15, 0.2) is 29.8 Å². The number of thiophene rings is 1. The molecule has 2 heterocycles. The summed E-state index contributed by atoms with van der Waals surface area (Å²) in [6, 6.07) is 6.23.